The number of carbonyl (C=O) groups is 4. The lowest BCUT2D eigenvalue weighted by molar-refractivity contribution is -0.157. The van der Waals surface area contributed by atoms with Gasteiger partial charge in [0.05, 0.1) is 93.3 Å². The summed E-state index contributed by atoms with van der Waals surface area (Å²) >= 11 is 0. The summed E-state index contributed by atoms with van der Waals surface area (Å²) in [6.07, 6.45) is -44.6. The molecular weight excluding hydrogens is 1930 g/mol. The van der Waals surface area contributed by atoms with Gasteiger partial charge in [-0.05, 0) is 252 Å². The molecule has 42 heteroatoms. The third-order valence-electron chi connectivity index (χ3n) is 27.0. The molecule has 8 aromatic rings. The molecule has 0 radical (unpaired) electrons. The molecule has 8 saturated heterocycles. The van der Waals surface area contributed by atoms with Crippen LogP contribution in [0.2, 0.25) is 0 Å². The number of aliphatic hydroxyl groups excluding tert-OH is 1. The van der Waals surface area contributed by atoms with E-state index in [4.69, 9.17) is 18.9 Å². The molecule has 0 aromatic heterocycles. The van der Waals surface area contributed by atoms with Gasteiger partial charge in [0.15, 0.2) is 0 Å². The van der Waals surface area contributed by atoms with Crippen LogP contribution in [-0.2, 0) is 87.5 Å². The Hall–Kier alpha value is -10.6. The van der Waals surface area contributed by atoms with Crippen LogP contribution >= 0.6 is 0 Å². The van der Waals surface area contributed by atoms with Crippen LogP contribution in [0.5, 0.6) is 0 Å². The zero-order valence-electron chi connectivity index (χ0n) is 74.8. The van der Waals surface area contributed by atoms with E-state index in [-0.39, 0.29) is 121 Å². The highest BCUT2D eigenvalue weighted by Crippen LogP contribution is 2.52. The number of rotatable bonds is 16. The minimum absolute atomic E-state index is 0.0158. The molecule has 4 amide bonds. The summed E-state index contributed by atoms with van der Waals surface area (Å²) in [5.41, 5.74) is -11.6. The lowest BCUT2D eigenvalue weighted by Gasteiger charge is -2.39. The Morgan fingerprint density at radius 1 is 0.321 bits per heavy atom. The fourth-order valence-corrected chi connectivity index (χ4v) is 20.0. The maximum Gasteiger partial charge on any atom is 0.416 e. The summed E-state index contributed by atoms with van der Waals surface area (Å²) in [5.74, 6) is -5.14. The summed E-state index contributed by atoms with van der Waals surface area (Å²) in [6.45, 7) is 8.90. The quantitative estimate of drug-likeness (QED) is 0.0892. The molecule has 0 saturated carbocycles. The Balaban J connectivity index is 0.000000157. The van der Waals surface area contributed by atoms with Crippen LogP contribution in [0.3, 0.4) is 0 Å². The minimum Gasteiger partial charge on any atom is -0.383 e. The van der Waals surface area contributed by atoms with E-state index in [0.29, 0.717) is 116 Å². The molecule has 19 atom stereocenters. The number of hydrogen-bond donors (Lipinski definition) is 2. The van der Waals surface area contributed by atoms with Gasteiger partial charge < -0.3 is 48.8 Å². The van der Waals surface area contributed by atoms with E-state index < -0.39 is 219 Å². The molecule has 8 aromatic carbocycles. The number of nitrogens with zero attached hydrogens (tertiary/aromatic N) is 4. The maximum atomic E-state index is 13.6. The summed E-state index contributed by atoms with van der Waals surface area (Å²) in [7, 11) is 0. The van der Waals surface area contributed by atoms with Crippen LogP contribution in [0, 0.1) is 29.2 Å². The van der Waals surface area contributed by atoms with Gasteiger partial charge in [0.25, 0.3) is 11.8 Å². The number of aliphatic hydroxyl groups is 2. The molecule has 8 fully saturated rings. The monoisotopic (exact) mass is 2020 g/mol. The smallest absolute Gasteiger partial charge is 0.383 e. The van der Waals surface area contributed by atoms with Crippen molar-refractivity contribution >= 4 is 23.6 Å². The largest absolute Gasteiger partial charge is 0.416 e. The van der Waals surface area contributed by atoms with Gasteiger partial charge in [-0.15, -0.1) is 0 Å². The van der Waals surface area contributed by atoms with Crippen molar-refractivity contribution in [2.24, 2.45) is 5.92 Å². The van der Waals surface area contributed by atoms with E-state index in [9.17, 15) is 152 Å². The van der Waals surface area contributed by atoms with Gasteiger partial charge in [0.2, 0.25) is 11.8 Å². The van der Waals surface area contributed by atoms with Gasteiger partial charge in [0.1, 0.15) is 35.0 Å². The zero-order valence-corrected chi connectivity index (χ0v) is 74.8. The molecule has 8 aliphatic rings. The highest BCUT2D eigenvalue weighted by Gasteiger charge is 2.57. The lowest BCUT2D eigenvalue weighted by Crippen LogP contribution is -2.54. The Morgan fingerprint density at radius 3 is 0.829 bits per heavy atom. The summed E-state index contributed by atoms with van der Waals surface area (Å²) in [5, 5.41) is 20.4. The third kappa shape index (κ3) is 24.3. The van der Waals surface area contributed by atoms with Crippen LogP contribution < -0.4 is 0 Å². The van der Waals surface area contributed by atoms with E-state index in [0.717, 1.165) is 0 Å². The molecule has 3 unspecified atom stereocenters. The molecule has 16 rings (SSSR count). The van der Waals surface area contributed by atoms with Crippen molar-refractivity contribution in [1.29, 1.82) is 0 Å². The van der Waals surface area contributed by atoms with Crippen molar-refractivity contribution in [2.45, 2.75) is 257 Å². The van der Waals surface area contributed by atoms with Crippen molar-refractivity contribution in [1.82, 2.24) is 19.6 Å². The molecule has 0 bridgehead atoms. The SMILES string of the molecule is CC1CC[C@H]2[C@H](c3ccc(F)cc3)[C@@H](O[C@H](C)c3cc(C(F)(F)F)cc(C(F)(F)F)c3)CN2C1=O.C[C@@H](O[C@H]1CN2C(=O)C(C)(O)CC[C@H]2[C@@H]1c1ccc(F)cc1)c1cc(C(F)(F)F)cc(C(F)(F)F)c1.C[C@@H](O[C@H]1CN2C(=O)C(O)CC[C@H]2[C@@H]1c1ccc(F)cc1)c1cc(C(F)(F)F)cc(C(F)(F)F)c1.C[C@@H](O[C@H]1CN2C(=O)CCC[C@H]2[C@@H]1c1ccc(F)cc1)c1cc(C(F)(F)F)cc(C(F)(F)F)c1. The summed E-state index contributed by atoms with van der Waals surface area (Å²) in [6, 6.07) is 26.3. The molecule has 8 heterocycles. The number of hydrogen-bond acceptors (Lipinski definition) is 10. The predicted octanol–water partition coefficient (Wildman–Crippen LogP) is 24.5. The van der Waals surface area contributed by atoms with E-state index in [2.05, 4.69) is 0 Å². The number of carbonyl (C=O) groups excluding carboxylic acids is 4. The van der Waals surface area contributed by atoms with Crippen molar-refractivity contribution < 1.29 is 171 Å². The third-order valence-corrected chi connectivity index (χ3v) is 27.0. The number of ether oxygens (including phenoxy) is 4. The lowest BCUT2D eigenvalue weighted by atomic mass is 9.82. The number of alkyl halides is 24. The summed E-state index contributed by atoms with van der Waals surface area (Å²) in [4.78, 5) is 56.9. The second-order valence-electron chi connectivity index (χ2n) is 36.5. The van der Waals surface area contributed by atoms with Crippen molar-refractivity contribution in [3.05, 3.63) is 282 Å². The average molecular weight is 2020 g/mol. The number of fused-ring (bicyclic) bond motifs is 4. The molecule has 2 N–H and O–H groups in total. The van der Waals surface area contributed by atoms with Crippen LogP contribution in [0.1, 0.15) is 236 Å². The van der Waals surface area contributed by atoms with Gasteiger partial charge in [-0.2, -0.15) is 105 Å². The molecule has 0 spiro atoms. The number of benzene rings is 8. The van der Waals surface area contributed by atoms with Gasteiger partial charge >= 0.3 is 49.4 Å². The molecule has 0 aliphatic carbocycles. The van der Waals surface area contributed by atoms with Crippen molar-refractivity contribution in [3.63, 3.8) is 0 Å². The van der Waals surface area contributed by atoms with Crippen molar-refractivity contribution in [2.75, 3.05) is 26.2 Å². The van der Waals surface area contributed by atoms with Crippen LogP contribution in [0.15, 0.2) is 170 Å². The highest BCUT2D eigenvalue weighted by molar-refractivity contribution is 5.86. The van der Waals surface area contributed by atoms with E-state index in [1.807, 2.05) is 6.92 Å². The van der Waals surface area contributed by atoms with E-state index in [1.165, 1.54) is 117 Å². The van der Waals surface area contributed by atoms with Gasteiger partial charge in [0, 0.05) is 86.4 Å². The number of amides is 4. The van der Waals surface area contributed by atoms with E-state index in [1.54, 1.807) is 34.1 Å². The normalized spacial score (nSPS) is 26.1. The first-order chi connectivity index (χ1) is 64.9. The van der Waals surface area contributed by atoms with Gasteiger partial charge in [-0.3, -0.25) is 19.2 Å². The molecular formula is C98H92F28N4O10. The highest BCUT2D eigenvalue weighted by atomic mass is 19.4. The van der Waals surface area contributed by atoms with Gasteiger partial charge in [-0.25, -0.2) is 17.6 Å². The second-order valence-corrected chi connectivity index (χ2v) is 36.5. The standard InChI is InChI=1S/C25H24F7NO3.C25H24F7NO2.C24H22F7NO3.C24H22F7NO2/c1-13(15-9-16(24(27,28)29)11-17(10-15)25(30,31)32)36-20-12-33-19(7-8-23(2,35)22(33)34)21(20)14-3-5-18(26)6-4-14;1-13-3-8-20-22(15-4-6-19(26)7-5-15)21(12-33(20)23(13)34)35-14(2)16-9-17(24(27,28)29)11-18(10-16)25(30,31)32;1-12(14-8-15(23(26,27)28)10-16(9-14)24(29,30)31)35-20-11-32-18(6-7-19(33)22(32)34)21(20)13-2-4-17(25)5-3-13;1-13(15-9-16(23(26,27)28)11-17(10-15)24(29,30)31)34-20-12-32-19(3-2-4-21(32)33)22(20)14-5-7-18(25)8-6-14/h3-6,9-11,13,19-21,35H,7-8,12H2,1-2H3;4-7,9-11,13-14,20-22H,3,8,12H2,1-2H3;2-5,8-10,12,18-21,33H,6-7,11H2,1H3;5-11,13,19-20,22H,2-4,12H2,1H3/t13-,19+,20+,21+,23?;13?,14-,20+,21+,22+;12-,18+,19?,20+,21+;13-,19+,20+,22+/m1111/s1. The van der Waals surface area contributed by atoms with E-state index >= 15 is 0 Å². The van der Waals surface area contributed by atoms with Crippen molar-refractivity contribution in [3.8, 4) is 0 Å². The number of halogens is 28. The van der Waals surface area contributed by atoms with Gasteiger partial charge in [-0.1, -0.05) is 55.5 Å². The second kappa shape index (κ2) is 40.7. The number of piperidine rings is 4. The zero-order chi connectivity index (χ0) is 103. The first-order valence-corrected chi connectivity index (χ1v) is 44.4. The molecule has 8 aliphatic heterocycles. The van der Waals surface area contributed by atoms with Crippen LogP contribution in [0.25, 0.3) is 0 Å². The Morgan fingerprint density at radius 2 is 0.557 bits per heavy atom. The Bertz CT molecular complexity index is 5430. The fourth-order valence-electron chi connectivity index (χ4n) is 20.0. The maximum absolute atomic E-state index is 13.6. The first-order valence-electron chi connectivity index (χ1n) is 44.4. The first kappa shape index (κ1) is 107. The Labute approximate surface area is 782 Å². The van der Waals surface area contributed by atoms with Crippen LogP contribution in [-0.4, -0.2) is 140 Å². The molecule has 140 heavy (non-hydrogen) atoms. The average Bonchev–Trinajstić information content (AvgIpc) is 1.61. The topological polar surface area (TPSA) is 159 Å². The van der Waals surface area contributed by atoms with Crippen LogP contribution in [0.4, 0.5) is 123 Å². The molecule has 14 nitrogen and oxygen atoms in total. The predicted molar refractivity (Wildman–Crippen MR) is 445 cm³/mol. The molecule has 760 valence electrons. The fraction of sp³-hybridized carbons (Fsp3) is 0.469. The minimum atomic E-state index is -5.00. The summed E-state index contributed by atoms with van der Waals surface area (Å²) < 4.78 is 398. The Kier molecular flexibility index (Phi) is 31.0.